The van der Waals surface area contributed by atoms with E-state index in [0.717, 1.165) is 18.4 Å². The highest BCUT2D eigenvalue weighted by Gasteiger charge is 2.02. The molecule has 0 rings (SSSR count). The van der Waals surface area contributed by atoms with Gasteiger partial charge in [0.2, 0.25) is 0 Å². The fourth-order valence-corrected chi connectivity index (χ4v) is 1.17. The van der Waals surface area contributed by atoms with Gasteiger partial charge in [-0.25, -0.2) is 0 Å². The maximum absolute atomic E-state index is 9.40. The zero-order chi connectivity index (χ0) is 12.8. The lowest BCUT2D eigenvalue weighted by Gasteiger charge is -2.10. The smallest absolute Gasteiger partial charge is 0.0773 e. The number of aliphatic hydroxyl groups excluding tert-OH is 1. The molecule has 1 N–H and O–H groups in total. The van der Waals surface area contributed by atoms with E-state index < -0.39 is 0 Å². The fraction of sp³-hybridized carbons (Fsp3) is 0.571. The molecule has 1 atom stereocenters. The monoisotopic (exact) mass is 224 g/mol. The average Bonchev–Trinajstić information content (AvgIpc) is 2.31. The number of hydrogen-bond donors (Lipinski definition) is 1. The molecule has 0 aromatic carbocycles. The van der Waals surface area contributed by atoms with E-state index in [9.17, 15) is 5.11 Å². The molecular weight excluding hydrogens is 200 g/mol. The van der Waals surface area contributed by atoms with Crippen molar-refractivity contribution < 1.29 is 9.84 Å². The highest BCUT2D eigenvalue weighted by atomic mass is 16.5. The van der Waals surface area contributed by atoms with Crippen LogP contribution in [0.1, 0.15) is 33.6 Å². The first-order valence-corrected chi connectivity index (χ1v) is 5.61. The second kappa shape index (κ2) is 14.0. The first kappa shape index (κ1) is 17.4. The zero-order valence-electron chi connectivity index (χ0n) is 10.6. The van der Waals surface area contributed by atoms with Gasteiger partial charge in [0, 0.05) is 0 Å². The van der Waals surface area contributed by atoms with Gasteiger partial charge in [-0.1, -0.05) is 31.6 Å². The van der Waals surface area contributed by atoms with Crippen LogP contribution in [-0.4, -0.2) is 24.4 Å². The quantitative estimate of drug-likeness (QED) is 0.532. The minimum atomic E-state index is -0.316. The molecule has 0 aliphatic heterocycles. The van der Waals surface area contributed by atoms with Crippen molar-refractivity contribution in [2.75, 3.05) is 13.2 Å². The third kappa shape index (κ3) is 11.0. The van der Waals surface area contributed by atoms with Crippen LogP contribution in [0, 0.1) is 12.8 Å². The van der Waals surface area contributed by atoms with Crippen LogP contribution in [0.4, 0.5) is 0 Å². The Morgan fingerprint density at radius 3 is 2.44 bits per heavy atom. The second-order valence-corrected chi connectivity index (χ2v) is 3.32. The molecular formula is C14H24O2. The van der Waals surface area contributed by atoms with Gasteiger partial charge in [-0.3, -0.25) is 0 Å². The maximum Gasteiger partial charge on any atom is 0.0773 e. The van der Waals surface area contributed by atoms with Gasteiger partial charge in [0.1, 0.15) is 0 Å². The summed E-state index contributed by atoms with van der Waals surface area (Å²) in [7, 11) is 0. The Kier molecular flexibility index (Phi) is 15.1. The van der Waals surface area contributed by atoms with Crippen molar-refractivity contribution in [1.29, 1.82) is 0 Å². The van der Waals surface area contributed by atoms with Crippen molar-refractivity contribution in [3.63, 3.8) is 0 Å². The summed E-state index contributed by atoms with van der Waals surface area (Å²) < 4.78 is 5.38. The molecule has 0 amide bonds. The summed E-state index contributed by atoms with van der Waals surface area (Å²) in [6.07, 6.45) is 15.5. The highest BCUT2D eigenvalue weighted by molar-refractivity contribution is 5.17. The normalized spacial score (nSPS) is 13.2. The van der Waals surface area contributed by atoms with Crippen molar-refractivity contribution >= 4 is 0 Å². The molecule has 92 valence electrons. The molecule has 0 saturated heterocycles. The zero-order valence-corrected chi connectivity index (χ0v) is 10.6. The molecule has 0 aromatic heterocycles. The predicted molar refractivity (Wildman–Crippen MR) is 70.2 cm³/mol. The van der Waals surface area contributed by atoms with Crippen LogP contribution in [0.3, 0.4) is 0 Å². The Balaban J connectivity index is 0. The standard InChI is InChI=1S/C12H22O2.C2H2/c1-4-7-11(6-3)9-14-10-12(13)8-5-2;1-2/h4,6-7,12-13H,5,8-10H2,1-3H3;1-2H/b7-4-,11-6+;. The van der Waals surface area contributed by atoms with Gasteiger partial charge in [0.25, 0.3) is 0 Å². The van der Waals surface area contributed by atoms with E-state index in [1.54, 1.807) is 0 Å². The van der Waals surface area contributed by atoms with Crippen molar-refractivity contribution in [3.05, 3.63) is 23.8 Å². The molecule has 1 unspecified atom stereocenters. The molecule has 0 fully saturated rings. The number of aliphatic hydroxyl groups is 1. The molecule has 2 nitrogen and oxygen atoms in total. The summed E-state index contributed by atoms with van der Waals surface area (Å²) in [5.41, 5.74) is 1.15. The predicted octanol–water partition coefficient (Wildman–Crippen LogP) is 2.94. The maximum atomic E-state index is 9.40. The number of ether oxygens (including phenoxy) is 1. The van der Waals surface area contributed by atoms with Crippen LogP contribution in [0.2, 0.25) is 0 Å². The molecule has 0 bridgehead atoms. The lowest BCUT2D eigenvalue weighted by atomic mass is 10.2. The van der Waals surface area contributed by atoms with Gasteiger partial charge < -0.3 is 9.84 Å². The van der Waals surface area contributed by atoms with E-state index in [-0.39, 0.29) is 6.10 Å². The molecule has 0 saturated carbocycles. The molecule has 2 heteroatoms. The van der Waals surface area contributed by atoms with Gasteiger partial charge >= 0.3 is 0 Å². The van der Waals surface area contributed by atoms with Gasteiger partial charge in [0.15, 0.2) is 0 Å². The average molecular weight is 224 g/mol. The minimum absolute atomic E-state index is 0.316. The highest BCUT2D eigenvalue weighted by Crippen LogP contribution is 2.01. The molecule has 0 spiro atoms. The van der Waals surface area contributed by atoms with Crippen LogP contribution in [0.15, 0.2) is 23.8 Å². The van der Waals surface area contributed by atoms with Crippen molar-refractivity contribution in [2.24, 2.45) is 0 Å². The number of terminal acetylenes is 1. The molecule has 0 aliphatic rings. The van der Waals surface area contributed by atoms with E-state index in [1.807, 2.05) is 32.1 Å². The Hall–Kier alpha value is -1.04. The lowest BCUT2D eigenvalue weighted by molar-refractivity contribution is 0.0424. The van der Waals surface area contributed by atoms with E-state index in [0.29, 0.717) is 13.2 Å². The van der Waals surface area contributed by atoms with Crippen LogP contribution in [0.5, 0.6) is 0 Å². The molecule has 0 radical (unpaired) electrons. The third-order valence-corrected chi connectivity index (χ3v) is 1.95. The summed E-state index contributed by atoms with van der Waals surface area (Å²) in [5, 5.41) is 9.40. The third-order valence-electron chi connectivity index (χ3n) is 1.95. The number of rotatable bonds is 7. The van der Waals surface area contributed by atoms with E-state index in [2.05, 4.69) is 19.8 Å². The Morgan fingerprint density at radius 1 is 1.38 bits per heavy atom. The summed E-state index contributed by atoms with van der Waals surface area (Å²) in [5.74, 6) is 0. The topological polar surface area (TPSA) is 29.5 Å². The SMILES string of the molecule is C#C.C/C=C\C(=C/C)COCC(O)CCC. The van der Waals surface area contributed by atoms with Crippen molar-refractivity contribution in [2.45, 2.75) is 39.7 Å². The van der Waals surface area contributed by atoms with Crippen LogP contribution in [-0.2, 0) is 4.74 Å². The first-order valence-electron chi connectivity index (χ1n) is 5.61. The summed E-state index contributed by atoms with van der Waals surface area (Å²) >= 11 is 0. The molecule has 16 heavy (non-hydrogen) atoms. The lowest BCUT2D eigenvalue weighted by Crippen LogP contribution is -2.15. The summed E-state index contributed by atoms with van der Waals surface area (Å²) in [6, 6.07) is 0. The minimum Gasteiger partial charge on any atom is -0.391 e. The molecule has 0 aromatic rings. The second-order valence-electron chi connectivity index (χ2n) is 3.32. The van der Waals surface area contributed by atoms with Crippen molar-refractivity contribution in [1.82, 2.24) is 0 Å². The summed E-state index contributed by atoms with van der Waals surface area (Å²) in [6.45, 7) is 7.04. The van der Waals surface area contributed by atoms with E-state index >= 15 is 0 Å². The van der Waals surface area contributed by atoms with Gasteiger partial charge in [0.05, 0.1) is 19.3 Å². The van der Waals surface area contributed by atoms with Gasteiger partial charge in [-0.2, -0.15) is 0 Å². The Bertz CT molecular complexity index is 214. The molecule has 0 aliphatic carbocycles. The fourth-order valence-electron chi connectivity index (χ4n) is 1.17. The number of hydrogen-bond acceptors (Lipinski definition) is 2. The summed E-state index contributed by atoms with van der Waals surface area (Å²) in [4.78, 5) is 0. The largest absolute Gasteiger partial charge is 0.391 e. The Labute approximate surface area is 100 Å². The van der Waals surface area contributed by atoms with E-state index in [1.165, 1.54) is 0 Å². The van der Waals surface area contributed by atoms with Crippen LogP contribution < -0.4 is 0 Å². The Morgan fingerprint density at radius 2 is 2.00 bits per heavy atom. The van der Waals surface area contributed by atoms with Crippen molar-refractivity contribution in [3.8, 4) is 12.8 Å². The van der Waals surface area contributed by atoms with Crippen LogP contribution in [0.25, 0.3) is 0 Å². The van der Waals surface area contributed by atoms with Gasteiger partial charge in [-0.05, 0) is 25.8 Å². The molecule has 0 heterocycles. The van der Waals surface area contributed by atoms with E-state index in [4.69, 9.17) is 4.74 Å². The number of allylic oxidation sites excluding steroid dienone is 2. The first-order chi connectivity index (χ1) is 7.74. The van der Waals surface area contributed by atoms with Crippen LogP contribution >= 0.6 is 0 Å². The van der Waals surface area contributed by atoms with Gasteiger partial charge in [-0.15, -0.1) is 12.8 Å².